The van der Waals surface area contributed by atoms with Crippen LogP contribution in [0.2, 0.25) is 0 Å². The summed E-state index contributed by atoms with van der Waals surface area (Å²) in [5, 5.41) is 3.05. The van der Waals surface area contributed by atoms with Crippen molar-refractivity contribution in [1.29, 1.82) is 0 Å². The highest BCUT2D eigenvalue weighted by Gasteiger charge is 2.17. The van der Waals surface area contributed by atoms with Crippen LogP contribution in [0.3, 0.4) is 0 Å². The molecule has 0 aromatic carbocycles. The Kier molecular flexibility index (Phi) is 6.03. The Bertz CT molecular complexity index is 492. The lowest BCUT2D eigenvalue weighted by molar-refractivity contribution is 0.551. The van der Waals surface area contributed by atoms with Gasteiger partial charge in [-0.25, -0.2) is 13.1 Å². The van der Waals surface area contributed by atoms with E-state index in [1.165, 1.54) is 0 Å². The van der Waals surface area contributed by atoms with Gasteiger partial charge in [0.1, 0.15) is 0 Å². The second-order valence-electron chi connectivity index (χ2n) is 5.06. The molecule has 2 N–H and O–H groups in total. The maximum absolute atomic E-state index is 12.2. The van der Waals surface area contributed by atoms with Crippen molar-refractivity contribution in [3.05, 3.63) is 18.0 Å². The monoisotopic (exact) mass is 287 g/mol. The standard InChI is InChI=1S/C13H25N3O2S/c1-5-16-10-13(8-12(16)9-14-4)19(17,18)15-7-6-11(2)3/h8,10-11,14-15H,5-7,9H2,1-4H3. The van der Waals surface area contributed by atoms with Gasteiger partial charge in [0.25, 0.3) is 0 Å². The maximum Gasteiger partial charge on any atom is 0.242 e. The molecule has 6 heteroatoms. The molecule has 110 valence electrons. The lowest BCUT2D eigenvalue weighted by Gasteiger charge is -2.06. The lowest BCUT2D eigenvalue weighted by atomic mass is 10.1. The number of nitrogens with zero attached hydrogens (tertiary/aromatic N) is 1. The van der Waals surface area contributed by atoms with E-state index in [9.17, 15) is 8.42 Å². The summed E-state index contributed by atoms with van der Waals surface area (Å²) in [4.78, 5) is 0.350. The Balaban J connectivity index is 2.83. The van der Waals surface area contributed by atoms with Gasteiger partial charge in [-0.15, -0.1) is 0 Å². The smallest absolute Gasteiger partial charge is 0.242 e. The van der Waals surface area contributed by atoms with E-state index in [4.69, 9.17) is 0 Å². The fraction of sp³-hybridized carbons (Fsp3) is 0.692. The summed E-state index contributed by atoms with van der Waals surface area (Å²) in [6.45, 7) is 8.06. The van der Waals surface area contributed by atoms with Crippen molar-refractivity contribution in [1.82, 2.24) is 14.6 Å². The quantitative estimate of drug-likeness (QED) is 0.762. The Morgan fingerprint density at radius 1 is 1.37 bits per heavy atom. The zero-order chi connectivity index (χ0) is 14.5. The molecule has 1 rings (SSSR count). The third-order valence-electron chi connectivity index (χ3n) is 2.98. The molecule has 1 heterocycles. The third kappa shape index (κ3) is 4.63. The molecule has 0 unspecified atom stereocenters. The van der Waals surface area contributed by atoms with E-state index in [1.54, 1.807) is 12.3 Å². The van der Waals surface area contributed by atoms with Crippen molar-refractivity contribution in [2.75, 3.05) is 13.6 Å². The van der Waals surface area contributed by atoms with Crippen LogP contribution in [-0.2, 0) is 23.1 Å². The summed E-state index contributed by atoms with van der Waals surface area (Å²) in [7, 11) is -1.54. The first kappa shape index (κ1) is 16.2. The predicted octanol–water partition coefficient (Wildman–Crippen LogP) is 1.55. The van der Waals surface area contributed by atoms with Crippen LogP contribution >= 0.6 is 0 Å². The molecular formula is C13H25N3O2S. The normalized spacial score (nSPS) is 12.3. The van der Waals surface area contributed by atoms with Crippen LogP contribution in [0.5, 0.6) is 0 Å². The number of nitrogens with one attached hydrogen (secondary N) is 2. The van der Waals surface area contributed by atoms with Crippen LogP contribution in [0.15, 0.2) is 17.2 Å². The van der Waals surface area contributed by atoms with E-state index in [-0.39, 0.29) is 0 Å². The molecule has 0 saturated carbocycles. The molecule has 0 aliphatic heterocycles. The van der Waals surface area contributed by atoms with Gasteiger partial charge in [-0.2, -0.15) is 0 Å². The van der Waals surface area contributed by atoms with Crippen molar-refractivity contribution >= 4 is 10.0 Å². The molecule has 0 spiro atoms. The Labute approximate surface area is 116 Å². The van der Waals surface area contributed by atoms with E-state index in [0.717, 1.165) is 18.7 Å². The Morgan fingerprint density at radius 2 is 2.05 bits per heavy atom. The van der Waals surface area contributed by atoms with Gasteiger partial charge in [-0.1, -0.05) is 13.8 Å². The Morgan fingerprint density at radius 3 is 2.58 bits per heavy atom. The van der Waals surface area contributed by atoms with E-state index in [1.807, 2.05) is 18.5 Å². The minimum Gasteiger partial charge on any atom is -0.349 e. The zero-order valence-corrected chi connectivity index (χ0v) is 13.0. The van der Waals surface area contributed by atoms with Crippen LogP contribution in [0.1, 0.15) is 32.9 Å². The maximum atomic E-state index is 12.2. The molecular weight excluding hydrogens is 262 g/mol. The molecule has 0 radical (unpaired) electrons. The van der Waals surface area contributed by atoms with Crippen LogP contribution in [0.25, 0.3) is 0 Å². The first-order chi connectivity index (χ1) is 8.90. The molecule has 19 heavy (non-hydrogen) atoms. The SMILES string of the molecule is CCn1cc(S(=O)(=O)NCCC(C)C)cc1CNC. The fourth-order valence-corrected chi connectivity index (χ4v) is 2.97. The van der Waals surface area contributed by atoms with Gasteiger partial charge in [0, 0.05) is 31.5 Å². The molecule has 0 atom stereocenters. The minimum atomic E-state index is -3.38. The highest BCUT2D eigenvalue weighted by molar-refractivity contribution is 7.89. The average molecular weight is 287 g/mol. The highest BCUT2D eigenvalue weighted by atomic mass is 32.2. The number of rotatable bonds is 8. The largest absolute Gasteiger partial charge is 0.349 e. The first-order valence-electron chi connectivity index (χ1n) is 6.74. The van der Waals surface area contributed by atoms with Crippen molar-refractivity contribution < 1.29 is 8.42 Å². The number of aromatic nitrogens is 1. The molecule has 0 fully saturated rings. The highest BCUT2D eigenvalue weighted by Crippen LogP contribution is 2.14. The number of hydrogen-bond acceptors (Lipinski definition) is 3. The molecule has 0 bridgehead atoms. The van der Waals surface area contributed by atoms with Crippen molar-refractivity contribution in [2.24, 2.45) is 5.92 Å². The van der Waals surface area contributed by atoms with Gasteiger partial charge in [-0.3, -0.25) is 0 Å². The third-order valence-corrected chi connectivity index (χ3v) is 4.41. The summed E-state index contributed by atoms with van der Waals surface area (Å²) in [6.07, 6.45) is 2.54. The van der Waals surface area contributed by atoms with Gasteiger partial charge in [0.15, 0.2) is 0 Å². The molecule has 5 nitrogen and oxygen atoms in total. The zero-order valence-electron chi connectivity index (χ0n) is 12.2. The van der Waals surface area contributed by atoms with Gasteiger partial charge in [0.2, 0.25) is 10.0 Å². The van der Waals surface area contributed by atoms with E-state index in [2.05, 4.69) is 23.9 Å². The summed E-state index contributed by atoms with van der Waals surface area (Å²) in [5.41, 5.74) is 0.981. The summed E-state index contributed by atoms with van der Waals surface area (Å²) < 4.78 is 28.9. The summed E-state index contributed by atoms with van der Waals surface area (Å²) in [5.74, 6) is 0.489. The Hall–Kier alpha value is -0.850. The molecule has 0 aliphatic rings. The number of sulfonamides is 1. The van der Waals surface area contributed by atoms with Gasteiger partial charge < -0.3 is 9.88 Å². The predicted molar refractivity (Wildman–Crippen MR) is 77.5 cm³/mol. The number of hydrogen-bond donors (Lipinski definition) is 2. The van der Waals surface area contributed by atoms with Gasteiger partial charge >= 0.3 is 0 Å². The van der Waals surface area contributed by atoms with Crippen molar-refractivity contribution in [3.8, 4) is 0 Å². The fourth-order valence-electron chi connectivity index (χ4n) is 1.86. The summed E-state index contributed by atoms with van der Waals surface area (Å²) >= 11 is 0. The van der Waals surface area contributed by atoms with E-state index in [0.29, 0.717) is 23.9 Å². The van der Waals surface area contributed by atoms with Crippen LogP contribution in [0.4, 0.5) is 0 Å². The lowest BCUT2D eigenvalue weighted by Crippen LogP contribution is -2.25. The molecule has 0 amide bonds. The van der Waals surface area contributed by atoms with Crippen molar-refractivity contribution in [3.63, 3.8) is 0 Å². The van der Waals surface area contributed by atoms with E-state index >= 15 is 0 Å². The second-order valence-corrected chi connectivity index (χ2v) is 6.83. The van der Waals surface area contributed by atoms with Crippen LogP contribution < -0.4 is 10.0 Å². The van der Waals surface area contributed by atoms with Gasteiger partial charge in [0.05, 0.1) is 4.90 Å². The first-order valence-corrected chi connectivity index (χ1v) is 8.22. The molecule has 1 aromatic heterocycles. The topological polar surface area (TPSA) is 63.1 Å². The summed E-state index contributed by atoms with van der Waals surface area (Å²) in [6, 6.07) is 1.73. The van der Waals surface area contributed by atoms with Crippen LogP contribution in [-0.4, -0.2) is 26.6 Å². The van der Waals surface area contributed by atoms with Crippen molar-refractivity contribution in [2.45, 2.75) is 45.2 Å². The van der Waals surface area contributed by atoms with E-state index < -0.39 is 10.0 Å². The molecule has 0 aliphatic carbocycles. The second kappa shape index (κ2) is 7.07. The van der Waals surface area contributed by atoms with Crippen LogP contribution in [0, 0.1) is 5.92 Å². The molecule has 0 saturated heterocycles. The van der Waals surface area contributed by atoms with Gasteiger partial charge in [-0.05, 0) is 32.4 Å². The number of aryl methyl sites for hydroxylation is 1. The minimum absolute atomic E-state index is 0.350. The molecule has 1 aromatic rings. The average Bonchev–Trinajstić information content (AvgIpc) is 2.72.